The molecule has 2 aliphatic rings. The zero-order valence-corrected chi connectivity index (χ0v) is 21.6. The second kappa shape index (κ2) is 11.8. The van der Waals surface area contributed by atoms with Crippen molar-refractivity contribution >= 4 is 34.8 Å². The van der Waals surface area contributed by atoms with Crippen LogP contribution in [0.2, 0.25) is 10.0 Å². The maximum absolute atomic E-state index is 13.6. The predicted octanol–water partition coefficient (Wildman–Crippen LogP) is 7.33. The molecule has 1 heterocycles. The number of halogens is 2. The number of amides is 1. The van der Waals surface area contributed by atoms with Crippen molar-refractivity contribution in [2.24, 2.45) is 5.92 Å². The van der Waals surface area contributed by atoms with Crippen molar-refractivity contribution in [3.8, 4) is 5.75 Å². The Kier molecular flexibility index (Phi) is 8.79. The molecule has 4 rings (SSSR count). The van der Waals surface area contributed by atoms with Crippen molar-refractivity contribution < 1.29 is 9.53 Å². The number of ether oxygens (including phenoxy) is 1. The van der Waals surface area contributed by atoms with Crippen LogP contribution in [0.25, 0.3) is 0 Å². The van der Waals surface area contributed by atoms with Gasteiger partial charge in [-0.05, 0) is 86.5 Å². The SMILES string of the molecule is C[C@H]1CCCN(CCCOc2ccc(NC(=O)C3(c4ccc(Cl)cc4Cl)CCCCC3)cc2)C1. The predicted molar refractivity (Wildman–Crippen MR) is 141 cm³/mol. The summed E-state index contributed by atoms with van der Waals surface area (Å²) in [4.78, 5) is 16.1. The number of carbonyl (C=O) groups excluding carboxylic acids is 1. The fraction of sp³-hybridized carbons (Fsp3) is 0.536. The molecule has 1 aliphatic heterocycles. The van der Waals surface area contributed by atoms with E-state index in [1.807, 2.05) is 36.4 Å². The lowest BCUT2D eigenvalue weighted by molar-refractivity contribution is -0.122. The third kappa shape index (κ3) is 6.27. The second-order valence-electron chi connectivity index (χ2n) is 10.00. The Bertz CT molecular complexity index is 957. The van der Waals surface area contributed by atoms with Gasteiger partial charge in [-0.25, -0.2) is 0 Å². The number of nitrogens with zero attached hydrogens (tertiary/aromatic N) is 1. The first-order valence-electron chi connectivity index (χ1n) is 12.7. The molecule has 0 spiro atoms. The molecule has 1 amide bonds. The van der Waals surface area contributed by atoms with Gasteiger partial charge in [0, 0.05) is 28.8 Å². The largest absolute Gasteiger partial charge is 0.494 e. The lowest BCUT2D eigenvalue weighted by Gasteiger charge is -2.37. The van der Waals surface area contributed by atoms with Crippen LogP contribution in [-0.4, -0.2) is 37.0 Å². The molecule has 34 heavy (non-hydrogen) atoms. The molecule has 6 heteroatoms. The fourth-order valence-electron chi connectivity index (χ4n) is 5.50. The number of piperidine rings is 1. The highest BCUT2D eigenvalue weighted by Gasteiger charge is 2.42. The highest BCUT2D eigenvalue weighted by molar-refractivity contribution is 6.35. The van der Waals surface area contributed by atoms with E-state index in [0.717, 1.165) is 68.0 Å². The van der Waals surface area contributed by atoms with E-state index in [1.165, 1.54) is 25.9 Å². The van der Waals surface area contributed by atoms with Crippen molar-refractivity contribution in [2.75, 3.05) is 31.6 Å². The van der Waals surface area contributed by atoms with Crippen molar-refractivity contribution in [1.29, 1.82) is 0 Å². The summed E-state index contributed by atoms with van der Waals surface area (Å²) in [7, 11) is 0. The van der Waals surface area contributed by atoms with Gasteiger partial charge in [-0.1, -0.05) is 55.5 Å². The quantitative estimate of drug-likeness (QED) is 0.384. The van der Waals surface area contributed by atoms with E-state index < -0.39 is 5.41 Å². The molecule has 0 radical (unpaired) electrons. The van der Waals surface area contributed by atoms with Crippen LogP contribution < -0.4 is 10.1 Å². The number of rotatable bonds is 8. The number of hydrogen-bond donors (Lipinski definition) is 1. The van der Waals surface area contributed by atoms with E-state index in [9.17, 15) is 4.79 Å². The average molecular weight is 504 g/mol. The van der Waals surface area contributed by atoms with E-state index >= 15 is 0 Å². The minimum absolute atomic E-state index is 0.000788. The van der Waals surface area contributed by atoms with Crippen LogP contribution in [0.3, 0.4) is 0 Å². The molecule has 1 N–H and O–H groups in total. The van der Waals surface area contributed by atoms with Crippen LogP contribution >= 0.6 is 23.2 Å². The highest BCUT2D eigenvalue weighted by Crippen LogP contribution is 2.44. The van der Waals surface area contributed by atoms with E-state index in [-0.39, 0.29) is 5.91 Å². The Morgan fingerprint density at radius 3 is 2.56 bits per heavy atom. The summed E-state index contributed by atoms with van der Waals surface area (Å²) in [6.07, 6.45) is 8.42. The molecule has 4 nitrogen and oxygen atoms in total. The van der Waals surface area contributed by atoms with Gasteiger partial charge in [0.2, 0.25) is 5.91 Å². The molecule has 0 unspecified atom stereocenters. The molecule has 2 aromatic carbocycles. The van der Waals surface area contributed by atoms with Crippen LogP contribution in [0.15, 0.2) is 42.5 Å². The van der Waals surface area contributed by atoms with Crippen molar-refractivity contribution in [3.05, 3.63) is 58.1 Å². The summed E-state index contributed by atoms with van der Waals surface area (Å²) in [5, 5.41) is 4.29. The smallest absolute Gasteiger partial charge is 0.235 e. The Morgan fingerprint density at radius 2 is 1.85 bits per heavy atom. The molecular formula is C28H36Cl2N2O2. The Hall–Kier alpha value is -1.75. The molecule has 0 bridgehead atoms. The van der Waals surface area contributed by atoms with Gasteiger partial charge in [0.1, 0.15) is 5.75 Å². The molecule has 184 valence electrons. The zero-order chi connectivity index (χ0) is 24.0. The molecule has 2 aromatic rings. The third-order valence-corrected chi connectivity index (χ3v) is 7.88. The molecule has 1 saturated carbocycles. The van der Waals surface area contributed by atoms with Gasteiger partial charge < -0.3 is 15.0 Å². The summed E-state index contributed by atoms with van der Waals surface area (Å²) >= 11 is 12.7. The lowest BCUT2D eigenvalue weighted by Crippen LogP contribution is -2.42. The summed E-state index contributed by atoms with van der Waals surface area (Å²) in [5.41, 5.74) is 1.02. The fourth-order valence-corrected chi connectivity index (χ4v) is 6.09. The van der Waals surface area contributed by atoms with Crippen LogP contribution in [0.4, 0.5) is 5.69 Å². The first-order valence-corrected chi connectivity index (χ1v) is 13.4. The van der Waals surface area contributed by atoms with E-state index in [2.05, 4.69) is 17.1 Å². The van der Waals surface area contributed by atoms with Gasteiger partial charge in [-0.15, -0.1) is 0 Å². The molecule has 0 aromatic heterocycles. The summed E-state index contributed by atoms with van der Waals surface area (Å²) < 4.78 is 5.95. The average Bonchev–Trinajstić information content (AvgIpc) is 2.83. The topological polar surface area (TPSA) is 41.6 Å². The number of carbonyl (C=O) groups is 1. The van der Waals surface area contributed by atoms with E-state index in [1.54, 1.807) is 6.07 Å². The van der Waals surface area contributed by atoms with Gasteiger partial charge in [0.05, 0.1) is 12.0 Å². The maximum Gasteiger partial charge on any atom is 0.235 e. The molecular weight excluding hydrogens is 467 g/mol. The zero-order valence-electron chi connectivity index (χ0n) is 20.1. The second-order valence-corrected chi connectivity index (χ2v) is 10.8. The molecule has 2 fully saturated rings. The summed E-state index contributed by atoms with van der Waals surface area (Å²) in [6, 6.07) is 13.2. The van der Waals surface area contributed by atoms with Crippen LogP contribution in [0, 0.1) is 5.92 Å². The maximum atomic E-state index is 13.6. The Labute approximate surface area is 214 Å². The third-order valence-electron chi connectivity index (χ3n) is 7.33. The van der Waals surface area contributed by atoms with Crippen molar-refractivity contribution in [3.63, 3.8) is 0 Å². The van der Waals surface area contributed by atoms with Crippen LogP contribution in [0.5, 0.6) is 5.75 Å². The Morgan fingerprint density at radius 1 is 1.09 bits per heavy atom. The van der Waals surface area contributed by atoms with Crippen molar-refractivity contribution in [2.45, 2.75) is 63.7 Å². The first kappa shape index (κ1) is 25.3. The minimum atomic E-state index is -0.624. The Balaban J connectivity index is 1.33. The summed E-state index contributed by atoms with van der Waals surface area (Å²) in [6.45, 7) is 6.55. The van der Waals surface area contributed by atoms with E-state index in [4.69, 9.17) is 27.9 Å². The lowest BCUT2D eigenvalue weighted by atomic mass is 9.68. The number of hydrogen-bond acceptors (Lipinski definition) is 3. The molecule has 1 aliphatic carbocycles. The van der Waals surface area contributed by atoms with Crippen LogP contribution in [0.1, 0.15) is 63.9 Å². The molecule has 1 atom stereocenters. The number of benzene rings is 2. The van der Waals surface area contributed by atoms with E-state index in [0.29, 0.717) is 16.7 Å². The van der Waals surface area contributed by atoms with Crippen LogP contribution in [-0.2, 0) is 10.2 Å². The number of nitrogens with one attached hydrogen (secondary N) is 1. The standard InChI is InChI=1S/C28H36Cl2N2O2/c1-21-7-5-16-32(20-21)17-6-18-34-24-11-9-23(10-12-24)31-27(33)28(14-3-2-4-15-28)25-13-8-22(29)19-26(25)30/h8-13,19,21H,2-7,14-18,20H2,1H3,(H,31,33)/t21-/m0/s1. The van der Waals surface area contributed by atoms with Gasteiger partial charge in [0.15, 0.2) is 0 Å². The minimum Gasteiger partial charge on any atom is -0.494 e. The monoisotopic (exact) mass is 502 g/mol. The molecule has 1 saturated heterocycles. The normalized spacial score (nSPS) is 20.6. The van der Waals surface area contributed by atoms with Gasteiger partial charge >= 0.3 is 0 Å². The first-order chi connectivity index (χ1) is 16.5. The highest BCUT2D eigenvalue weighted by atomic mass is 35.5. The number of anilines is 1. The van der Waals surface area contributed by atoms with Gasteiger partial charge in [-0.3, -0.25) is 4.79 Å². The number of likely N-dealkylation sites (tertiary alicyclic amines) is 1. The summed E-state index contributed by atoms with van der Waals surface area (Å²) in [5.74, 6) is 1.64. The van der Waals surface area contributed by atoms with Gasteiger partial charge in [-0.2, -0.15) is 0 Å². The van der Waals surface area contributed by atoms with Crippen molar-refractivity contribution in [1.82, 2.24) is 4.90 Å². The van der Waals surface area contributed by atoms with Gasteiger partial charge in [0.25, 0.3) is 0 Å².